The minimum absolute atomic E-state index is 0.146. The van der Waals surface area contributed by atoms with Gasteiger partial charge >= 0.3 is 0 Å². The van der Waals surface area contributed by atoms with Crippen LogP contribution < -0.4 is 5.32 Å². The molecule has 3 heteroatoms. The normalized spacial score (nSPS) is 18.3. The Morgan fingerprint density at radius 3 is 2.53 bits per heavy atom. The van der Waals surface area contributed by atoms with Crippen molar-refractivity contribution in [2.45, 2.75) is 52.0 Å². The molecule has 0 unspecified atom stereocenters. The Kier molecular flexibility index (Phi) is 5.94. The number of piperidine rings is 1. The second kappa shape index (κ2) is 6.98. The van der Waals surface area contributed by atoms with Gasteiger partial charge in [0.15, 0.2) is 0 Å². The lowest BCUT2D eigenvalue weighted by Gasteiger charge is -2.31. The van der Waals surface area contributed by atoms with Crippen molar-refractivity contribution in [2.75, 3.05) is 26.7 Å². The van der Waals surface area contributed by atoms with Gasteiger partial charge in [0, 0.05) is 6.04 Å². The third kappa shape index (κ3) is 5.52. The molecule has 0 aliphatic carbocycles. The van der Waals surface area contributed by atoms with Crippen LogP contribution in [0.15, 0.2) is 0 Å². The van der Waals surface area contributed by atoms with Crippen LogP contribution in [0.5, 0.6) is 0 Å². The summed E-state index contributed by atoms with van der Waals surface area (Å²) < 4.78 is 0. The Hall–Kier alpha value is -0.590. The fourth-order valence-corrected chi connectivity index (χ4v) is 2.41. The Bertz CT molecular complexity index is 249. The molecule has 1 aliphatic heterocycles. The minimum Gasteiger partial charge on any atom is -0.317 e. The number of hydrogen-bond acceptors (Lipinski definition) is 3. The molecule has 0 atom stereocenters. The zero-order chi connectivity index (χ0) is 12.7. The second-order valence-electron chi connectivity index (χ2n) is 5.91. The van der Waals surface area contributed by atoms with Crippen LogP contribution in [0.1, 0.15) is 46.0 Å². The molecule has 1 fully saturated rings. The van der Waals surface area contributed by atoms with Crippen LogP contribution in [0, 0.1) is 16.7 Å². The van der Waals surface area contributed by atoms with E-state index in [4.69, 9.17) is 5.26 Å². The molecule has 0 bridgehead atoms. The maximum atomic E-state index is 8.94. The molecule has 0 amide bonds. The van der Waals surface area contributed by atoms with Gasteiger partial charge in [-0.15, -0.1) is 0 Å². The van der Waals surface area contributed by atoms with E-state index in [0.29, 0.717) is 0 Å². The molecule has 0 aromatic carbocycles. The number of hydrogen-bond donors (Lipinski definition) is 1. The first-order valence-corrected chi connectivity index (χ1v) is 6.87. The molecular formula is C14H27N3. The van der Waals surface area contributed by atoms with E-state index < -0.39 is 0 Å². The molecule has 1 rings (SSSR count). The lowest BCUT2D eigenvalue weighted by molar-refractivity contribution is 0.194. The first kappa shape index (κ1) is 14.5. The van der Waals surface area contributed by atoms with Crippen molar-refractivity contribution >= 4 is 0 Å². The Labute approximate surface area is 106 Å². The van der Waals surface area contributed by atoms with E-state index in [-0.39, 0.29) is 5.41 Å². The van der Waals surface area contributed by atoms with Crippen molar-refractivity contribution < 1.29 is 0 Å². The third-order valence-electron chi connectivity index (χ3n) is 3.80. The molecule has 1 saturated heterocycles. The minimum atomic E-state index is -0.146. The van der Waals surface area contributed by atoms with Gasteiger partial charge in [0.2, 0.25) is 0 Å². The predicted molar refractivity (Wildman–Crippen MR) is 71.8 cm³/mol. The second-order valence-corrected chi connectivity index (χ2v) is 5.91. The highest BCUT2D eigenvalue weighted by Crippen LogP contribution is 2.22. The summed E-state index contributed by atoms with van der Waals surface area (Å²) in [4.78, 5) is 2.50. The molecule has 3 nitrogen and oxygen atoms in total. The van der Waals surface area contributed by atoms with E-state index in [9.17, 15) is 0 Å². The maximum absolute atomic E-state index is 8.94. The third-order valence-corrected chi connectivity index (χ3v) is 3.80. The van der Waals surface area contributed by atoms with Gasteiger partial charge in [0.25, 0.3) is 0 Å². The van der Waals surface area contributed by atoms with Gasteiger partial charge in [-0.2, -0.15) is 5.26 Å². The molecule has 0 aromatic heterocycles. The van der Waals surface area contributed by atoms with Crippen LogP contribution in [0.25, 0.3) is 0 Å². The van der Waals surface area contributed by atoms with Gasteiger partial charge in [-0.3, -0.25) is 0 Å². The molecule has 98 valence electrons. The molecule has 17 heavy (non-hydrogen) atoms. The summed E-state index contributed by atoms with van der Waals surface area (Å²) >= 11 is 0. The van der Waals surface area contributed by atoms with E-state index in [0.717, 1.165) is 32.0 Å². The van der Waals surface area contributed by atoms with Crippen molar-refractivity contribution in [1.29, 1.82) is 5.26 Å². The van der Waals surface area contributed by atoms with Gasteiger partial charge in [-0.25, -0.2) is 0 Å². The lowest BCUT2D eigenvalue weighted by atomic mass is 9.89. The smallest absolute Gasteiger partial charge is 0.0683 e. The quantitative estimate of drug-likeness (QED) is 0.721. The molecule has 0 saturated carbocycles. The molecule has 1 N–H and O–H groups in total. The fraction of sp³-hybridized carbons (Fsp3) is 0.929. The molecule has 1 heterocycles. The first-order chi connectivity index (χ1) is 8.05. The molecular weight excluding hydrogens is 210 g/mol. The van der Waals surface area contributed by atoms with E-state index in [1.165, 1.54) is 25.8 Å². The summed E-state index contributed by atoms with van der Waals surface area (Å²) in [6.07, 6.45) is 5.95. The Balaban J connectivity index is 2.11. The van der Waals surface area contributed by atoms with Crippen molar-refractivity contribution in [3.8, 4) is 6.07 Å². The molecule has 0 radical (unpaired) electrons. The average molecular weight is 237 g/mol. The van der Waals surface area contributed by atoms with E-state index >= 15 is 0 Å². The van der Waals surface area contributed by atoms with Crippen LogP contribution in [0.3, 0.4) is 0 Å². The number of nitriles is 1. The van der Waals surface area contributed by atoms with Crippen molar-refractivity contribution in [2.24, 2.45) is 5.41 Å². The largest absolute Gasteiger partial charge is 0.317 e. The van der Waals surface area contributed by atoms with Crippen molar-refractivity contribution in [3.63, 3.8) is 0 Å². The maximum Gasteiger partial charge on any atom is 0.0683 e. The highest BCUT2D eigenvalue weighted by atomic mass is 15.1. The molecule has 0 spiro atoms. The zero-order valence-electron chi connectivity index (χ0n) is 11.6. The van der Waals surface area contributed by atoms with Crippen LogP contribution in [0.2, 0.25) is 0 Å². The SMILES string of the molecule is CN(CCCCC(C)(C)C#N)C1CCNCC1. The van der Waals surface area contributed by atoms with E-state index in [1.807, 2.05) is 13.8 Å². The first-order valence-electron chi connectivity index (χ1n) is 6.87. The zero-order valence-corrected chi connectivity index (χ0v) is 11.6. The number of unbranched alkanes of at least 4 members (excludes halogenated alkanes) is 1. The predicted octanol–water partition coefficient (Wildman–Crippen LogP) is 2.39. The van der Waals surface area contributed by atoms with Crippen LogP contribution in [-0.4, -0.2) is 37.6 Å². The van der Waals surface area contributed by atoms with Crippen molar-refractivity contribution in [1.82, 2.24) is 10.2 Å². The summed E-state index contributed by atoms with van der Waals surface area (Å²) in [6.45, 7) is 7.56. The number of nitrogens with one attached hydrogen (secondary N) is 1. The standard InChI is InChI=1S/C14H27N3/c1-14(2,12-15)8-4-5-11-17(3)13-6-9-16-10-7-13/h13,16H,4-11H2,1-3H3. The lowest BCUT2D eigenvalue weighted by Crippen LogP contribution is -2.41. The topological polar surface area (TPSA) is 39.1 Å². The number of rotatable bonds is 6. The van der Waals surface area contributed by atoms with Gasteiger partial charge in [-0.1, -0.05) is 6.42 Å². The molecule has 1 aliphatic rings. The summed E-state index contributed by atoms with van der Waals surface area (Å²) in [5.74, 6) is 0. The van der Waals surface area contributed by atoms with Gasteiger partial charge in [0.05, 0.1) is 11.5 Å². The summed E-state index contributed by atoms with van der Waals surface area (Å²) in [5, 5.41) is 12.3. The van der Waals surface area contributed by atoms with Crippen molar-refractivity contribution in [3.05, 3.63) is 0 Å². The highest BCUT2D eigenvalue weighted by Gasteiger charge is 2.18. The fourth-order valence-electron chi connectivity index (χ4n) is 2.41. The Morgan fingerprint density at radius 2 is 1.94 bits per heavy atom. The van der Waals surface area contributed by atoms with Gasteiger partial charge < -0.3 is 10.2 Å². The molecule has 0 aromatic rings. The van der Waals surface area contributed by atoms with Gasteiger partial charge in [-0.05, 0) is 66.2 Å². The average Bonchev–Trinajstić information content (AvgIpc) is 2.35. The number of nitrogens with zero attached hydrogens (tertiary/aromatic N) is 2. The Morgan fingerprint density at radius 1 is 1.29 bits per heavy atom. The summed E-state index contributed by atoms with van der Waals surface area (Å²) in [5.41, 5.74) is -0.146. The van der Waals surface area contributed by atoms with Crippen LogP contribution in [0.4, 0.5) is 0 Å². The monoisotopic (exact) mass is 237 g/mol. The van der Waals surface area contributed by atoms with Crippen LogP contribution >= 0.6 is 0 Å². The summed E-state index contributed by atoms with van der Waals surface area (Å²) in [7, 11) is 2.24. The van der Waals surface area contributed by atoms with Gasteiger partial charge in [0.1, 0.15) is 0 Å². The van der Waals surface area contributed by atoms with E-state index in [2.05, 4.69) is 23.3 Å². The highest BCUT2D eigenvalue weighted by molar-refractivity contribution is 4.91. The summed E-state index contributed by atoms with van der Waals surface area (Å²) in [6, 6.07) is 3.14. The van der Waals surface area contributed by atoms with Crippen LogP contribution in [-0.2, 0) is 0 Å². The van der Waals surface area contributed by atoms with E-state index in [1.54, 1.807) is 0 Å².